The number of hydrogen-bond donors (Lipinski definition) is 0. The second kappa shape index (κ2) is 7.70. The summed E-state index contributed by atoms with van der Waals surface area (Å²) in [5.41, 5.74) is 2.55. The topological polar surface area (TPSA) is 42.2 Å². The molecule has 0 aliphatic rings. The van der Waals surface area contributed by atoms with Gasteiger partial charge in [0.1, 0.15) is 11.5 Å². The molecule has 0 radical (unpaired) electrons. The van der Waals surface area contributed by atoms with E-state index in [-0.39, 0.29) is 0 Å². The maximum Gasteiger partial charge on any atom is 0.118 e. The van der Waals surface area contributed by atoms with E-state index >= 15 is 0 Å². The first-order chi connectivity index (χ1) is 10.7. The van der Waals surface area contributed by atoms with Gasteiger partial charge in [-0.3, -0.25) is 0 Å². The van der Waals surface area contributed by atoms with Crippen LogP contribution in [0.25, 0.3) is 12.2 Å². The minimum Gasteiger partial charge on any atom is -0.497 e. The first-order valence-corrected chi connectivity index (χ1v) is 6.83. The van der Waals surface area contributed by atoms with Gasteiger partial charge in [-0.2, -0.15) is 5.26 Å². The SMILES string of the molecule is COc1ccc(C=CC(C#N)=Cc2ccc(OC)cc2)cc1. The van der Waals surface area contributed by atoms with Gasteiger partial charge in [0.05, 0.1) is 25.9 Å². The molecule has 0 saturated carbocycles. The fourth-order valence-corrected chi connectivity index (χ4v) is 1.90. The summed E-state index contributed by atoms with van der Waals surface area (Å²) >= 11 is 0. The van der Waals surface area contributed by atoms with E-state index in [0.717, 1.165) is 22.6 Å². The van der Waals surface area contributed by atoms with Crippen molar-refractivity contribution in [3.8, 4) is 17.6 Å². The molecule has 2 rings (SSSR count). The van der Waals surface area contributed by atoms with Gasteiger partial charge < -0.3 is 9.47 Å². The molecular formula is C19H17NO2. The van der Waals surface area contributed by atoms with Crippen LogP contribution in [0.3, 0.4) is 0 Å². The van der Waals surface area contributed by atoms with Gasteiger partial charge >= 0.3 is 0 Å². The van der Waals surface area contributed by atoms with E-state index in [1.54, 1.807) is 20.3 Å². The van der Waals surface area contributed by atoms with Gasteiger partial charge in [-0.25, -0.2) is 0 Å². The van der Waals surface area contributed by atoms with Crippen LogP contribution in [0.5, 0.6) is 11.5 Å². The molecule has 0 N–H and O–H groups in total. The second-order valence-electron chi connectivity index (χ2n) is 4.59. The van der Waals surface area contributed by atoms with Crippen molar-refractivity contribution in [3.63, 3.8) is 0 Å². The number of allylic oxidation sites excluding steroid dienone is 2. The first-order valence-electron chi connectivity index (χ1n) is 6.83. The lowest BCUT2D eigenvalue weighted by Gasteiger charge is -2.00. The Balaban J connectivity index is 2.14. The highest BCUT2D eigenvalue weighted by molar-refractivity contribution is 5.66. The van der Waals surface area contributed by atoms with Crippen molar-refractivity contribution in [2.24, 2.45) is 0 Å². The molecule has 0 saturated heterocycles. The molecule has 22 heavy (non-hydrogen) atoms. The van der Waals surface area contributed by atoms with E-state index < -0.39 is 0 Å². The number of nitrogens with zero attached hydrogens (tertiary/aromatic N) is 1. The number of hydrogen-bond acceptors (Lipinski definition) is 3. The fourth-order valence-electron chi connectivity index (χ4n) is 1.90. The largest absolute Gasteiger partial charge is 0.497 e. The Morgan fingerprint density at radius 1 is 0.864 bits per heavy atom. The monoisotopic (exact) mass is 291 g/mol. The molecule has 0 aliphatic carbocycles. The number of rotatable bonds is 5. The van der Waals surface area contributed by atoms with Crippen molar-refractivity contribution >= 4 is 12.2 Å². The van der Waals surface area contributed by atoms with Crippen LogP contribution in [0, 0.1) is 11.3 Å². The minimum atomic E-state index is 0.584. The van der Waals surface area contributed by atoms with Crippen molar-refractivity contribution in [1.82, 2.24) is 0 Å². The van der Waals surface area contributed by atoms with Crippen LogP contribution in [0.2, 0.25) is 0 Å². The highest BCUT2D eigenvalue weighted by atomic mass is 16.5. The average molecular weight is 291 g/mol. The van der Waals surface area contributed by atoms with Gasteiger partial charge in [0.2, 0.25) is 0 Å². The van der Waals surface area contributed by atoms with Crippen LogP contribution < -0.4 is 9.47 Å². The Hall–Kier alpha value is -2.99. The lowest BCUT2D eigenvalue weighted by Crippen LogP contribution is -1.82. The van der Waals surface area contributed by atoms with Crippen LogP contribution in [0.1, 0.15) is 11.1 Å². The van der Waals surface area contributed by atoms with Crippen molar-refractivity contribution in [1.29, 1.82) is 5.26 Å². The van der Waals surface area contributed by atoms with Crippen LogP contribution in [0.4, 0.5) is 0 Å². The minimum absolute atomic E-state index is 0.584. The molecule has 0 spiro atoms. The third-order valence-electron chi connectivity index (χ3n) is 3.14. The van der Waals surface area contributed by atoms with E-state index in [9.17, 15) is 5.26 Å². The van der Waals surface area contributed by atoms with E-state index in [4.69, 9.17) is 9.47 Å². The lowest BCUT2D eigenvalue weighted by atomic mass is 10.1. The third-order valence-corrected chi connectivity index (χ3v) is 3.14. The lowest BCUT2D eigenvalue weighted by molar-refractivity contribution is 0.414. The van der Waals surface area contributed by atoms with Crippen LogP contribution in [-0.4, -0.2) is 14.2 Å². The molecule has 0 unspecified atom stereocenters. The molecule has 2 aromatic rings. The molecule has 0 atom stereocenters. The number of methoxy groups -OCH3 is 2. The Morgan fingerprint density at radius 3 is 1.82 bits per heavy atom. The summed E-state index contributed by atoms with van der Waals surface area (Å²) in [6.07, 6.45) is 5.53. The summed E-state index contributed by atoms with van der Waals surface area (Å²) in [5, 5.41) is 9.23. The Labute approximate surface area is 130 Å². The molecule has 110 valence electrons. The second-order valence-corrected chi connectivity index (χ2v) is 4.59. The average Bonchev–Trinajstić information content (AvgIpc) is 2.59. The summed E-state index contributed by atoms with van der Waals surface area (Å²) < 4.78 is 10.2. The molecule has 0 fully saturated rings. The van der Waals surface area contributed by atoms with Gasteiger partial charge in [0.25, 0.3) is 0 Å². The third kappa shape index (κ3) is 4.26. The molecule has 0 heterocycles. The number of ether oxygens (including phenoxy) is 2. The van der Waals surface area contributed by atoms with Crippen LogP contribution >= 0.6 is 0 Å². The Kier molecular flexibility index (Phi) is 5.39. The van der Waals surface area contributed by atoms with Gasteiger partial charge in [-0.05, 0) is 47.5 Å². The maximum atomic E-state index is 9.23. The summed E-state index contributed by atoms with van der Waals surface area (Å²) in [4.78, 5) is 0. The van der Waals surface area contributed by atoms with Gasteiger partial charge in [-0.15, -0.1) is 0 Å². The van der Waals surface area contributed by atoms with Crippen molar-refractivity contribution in [2.75, 3.05) is 14.2 Å². The predicted octanol–water partition coefficient (Wildman–Crippen LogP) is 4.32. The molecule has 3 heteroatoms. The van der Waals surface area contributed by atoms with E-state index in [2.05, 4.69) is 6.07 Å². The molecule has 0 aromatic heterocycles. The zero-order valence-corrected chi connectivity index (χ0v) is 12.6. The Bertz CT molecular complexity index is 705. The molecule has 0 amide bonds. The van der Waals surface area contributed by atoms with E-state index in [0.29, 0.717) is 5.57 Å². The van der Waals surface area contributed by atoms with Crippen molar-refractivity contribution in [3.05, 3.63) is 71.3 Å². The first kappa shape index (κ1) is 15.4. The van der Waals surface area contributed by atoms with Crippen molar-refractivity contribution in [2.45, 2.75) is 0 Å². The van der Waals surface area contributed by atoms with E-state index in [1.807, 2.05) is 60.7 Å². The molecule has 3 nitrogen and oxygen atoms in total. The summed E-state index contributed by atoms with van der Waals surface area (Å²) in [5.74, 6) is 1.61. The smallest absolute Gasteiger partial charge is 0.118 e. The van der Waals surface area contributed by atoms with Gasteiger partial charge in [0, 0.05) is 0 Å². The molecule has 0 aliphatic heterocycles. The van der Waals surface area contributed by atoms with Gasteiger partial charge in [-0.1, -0.05) is 30.3 Å². The fraction of sp³-hybridized carbons (Fsp3) is 0.105. The summed E-state index contributed by atoms with van der Waals surface area (Å²) in [6.45, 7) is 0. The molecule has 2 aromatic carbocycles. The highest BCUT2D eigenvalue weighted by Crippen LogP contribution is 2.16. The summed E-state index contributed by atoms with van der Waals surface area (Å²) in [6, 6.07) is 17.4. The number of benzene rings is 2. The predicted molar refractivity (Wildman–Crippen MR) is 88.6 cm³/mol. The molecule has 0 bridgehead atoms. The normalized spacial score (nSPS) is 11.2. The zero-order chi connectivity index (χ0) is 15.8. The van der Waals surface area contributed by atoms with Gasteiger partial charge in [0.15, 0.2) is 0 Å². The zero-order valence-electron chi connectivity index (χ0n) is 12.6. The van der Waals surface area contributed by atoms with Crippen LogP contribution in [0.15, 0.2) is 60.2 Å². The van der Waals surface area contributed by atoms with Crippen LogP contribution in [-0.2, 0) is 0 Å². The Morgan fingerprint density at radius 2 is 1.36 bits per heavy atom. The number of nitriles is 1. The summed E-state index contributed by atoms with van der Waals surface area (Å²) in [7, 11) is 3.26. The quantitative estimate of drug-likeness (QED) is 0.608. The standard InChI is InChI=1S/C19H17NO2/c1-21-18-9-5-15(6-10-18)3-4-17(14-20)13-16-7-11-19(22-2)12-8-16/h3-13H,1-2H3. The maximum absolute atomic E-state index is 9.23. The highest BCUT2D eigenvalue weighted by Gasteiger charge is 1.95. The molecular weight excluding hydrogens is 274 g/mol. The van der Waals surface area contributed by atoms with E-state index in [1.165, 1.54) is 0 Å². The van der Waals surface area contributed by atoms with Crippen molar-refractivity contribution < 1.29 is 9.47 Å².